The number of ether oxygens (including phenoxy) is 1. The fraction of sp³-hybridized carbons (Fsp3) is 0.591. The molecule has 5 heteroatoms. The normalized spacial score (nSPS) is 23.3. The molecule has 0 saturated carbocycles. The van der Waals surface area contributed by atoms with Gasteiger partial charge >= 0.3 is 5.63 Å². The lowest BCUT2D eigenvalue weighted by Gasteiger charge is -2.44. The van der Waals surface area contributed by atoms with Crippen molar-refractivity contribution in [2.75, 3.05) is 31.2 Å². The van der Waals surface area contributed by atoms with Gasteiger partial charge in [0.25, 0.3) is 0 Å². The van der Waals surface area contributed by atoms with Gasteiger partial charge in [-0.05, 0) is 86.9 Å². The predicted molar refractivity (Wildman–Crippen MR) is 112 cm³/mol. The minimum absolute atomic E-state index is 0.317. The van der Waals surface area contributed by atoms with E-state index in [-0.39, 0.29) is 5.63 Å². The van der Waals surface area contributed by atoms with Gasteiger partial charge in [0.2, 0.25) is 0 Å². The SMILES string of the molecule is O=c1ccc2cc(OCCCSC[C@@H]3CCCN4CCCC[C@H]34)ccc2o1. The Labute approximate surface area is 165 Å². The summed E-state index contributed by atoms with van der Waals surface area (Å²) in [6, 6.07) is 9.70. The molecule has 27 heavy (non-hydrogen) atoms. The molecule has 2 fully saturated rings. The third kappa shape index (κ3) is 4.88. The summed E-state index contributed by atoms with van der Waals surface area (Å²) in [6.45, 7) is 3.39. The highest BCUT2D eigenvalue weighted by Gasteiger charge is 2.32. The topological polar surface area (TPSA) is 42.7 Å². The first-order valence-electron chi connectivity index (χ1n) is 10.3. The van der Waals surface area contributed by atoms with Crippen LogP contribution < -0.4 is 10.4 Å². The Morgan fingerprint density at radius 1 is 1.11 bits per heavy atom. The fourth-order valence-electron chi connectivity index (χ4n) is 4.50. The van der Waals surface area contributed by atoms with E-state index < -0.39 is 0 Å². The minimum Gasteiger partial charge on any atom is -0.494 e. The van der Waals surface area contributed by atoms with Gasteiger partial charge in [-0.25, -0.2) is 4.79 Å². The highest BCUT2D eigenvalue weighted by molar-refractivity contribution is 7.99. The van der Waals surface area contributed by atoms with Gasteiger partial charge < -0.3 is 14.1 Å². The van der Waals surface area contributed by atoms with E-state index in [2.05, 4.69) is 16.7 Å². The molecule has 0 aliphatic carbocycles. The van der Waals surface area contributed by atoms with Gasteiger partial charge in [-0.15, -0.1) is 0 Å². The van der Waals surface area contributed by atoms with E-state index in [1.54, 1.807) is 12.1 Å². The molecule has 0 amide bonds. The van der Waals surface area contributed by atoms with E-state index in [9.17, 15) is 4.79 Å². The van der Waals surface area contributed by atoms with Gasteiger partial charge in [0.15, 0.2) is 0 Å². The summed E-state index contributed by atoms with van der Waals surface area (Å²) < 4.78 is 11.0. The Bertz CT molecular complexity index is 803. The lowest BCUT2D eigenvalue weighted by atomic mass is 9.85. The first-order chi connectivity index (χ1) is 13.3. The van der Waals surface area contributed by atoms with E-state index in [4.69, 9.17) is 9.15 Å². The van der Waals surface area contributed by atoms with Crippen LogP contribution in [-0.2, 0) is 0 Å². The lowest BCUT2D eigenvalue weighted by molar-refractivity contribution is 0.0693. The molecule has 2 aliphatic heterocycles. The molecule has 3 heterocycles. The predicted octanol–water partition coefficient (Wildman–Crippen LogP) is 4.56. The van der Waals surface area contributed by atoms with Gasteiger partial charge in [-0.2, -0.15) is 11.8 Å². The molecule has 146 valence electrons. The van der Waals surface area contributed by atoms with E-state index in [1.807, 2.05) is 12.1 Å². The zero-order valence-electron chi connectivity index (χ0n) is 15.9. The molecule has 2 aliphatic rings. The molecule has 2 atom stereocenters. The second-order valence-corrected chi connectivity index (χ2v) is 8.88. The summed E-state index contributed by atoms with van der Waals surface area (Å²) in [5, 5.41) is 0.899. The molecule has 1 aromatic carbocycles. The highest BCUT2D eigenvalue weighted by atomic mass is 32.2. The summed E-state index contributed by atoms with van der Waals surface area (Å²) in [7, 11) is 0. The van der Waals surface area contributed by atoms with Crippen molar-refractivity contribution in [1.29, 1.82) is 0 Å². The third-order valence-electron chi connectivity index (χ3n) is 5.85. The molecule has 4 nitrogen and oxygen atoms in total. The number of fused-ring (bicyclic) bond motifs is 2. The molecule has 0 spiro atoms. The average Bonchev–Trinajstić information content (AvgIpc) is 2.70. The largest absolute Gasteiger partial charge is 0.494 e. The van der Waals surface area contributed by atoms with Crippen molar-refractivity contribution in [3.05, 3.63) is 40.8 Å². The lowest BCUT2D eigenvalue weighted by Crippen LogP contribution is -2.48. The molecule has 2 aromatic rings. The van der Waals surface area contributed by atoms with Gasteiger partial charge in [-0.3, -0.25) is 0 Å². The second kappa shape index (κ2) is 9.16. The Morgan fingerprint density at radius 2 is 2.04 bits per heavy atom. The Hall–Kier alpha value is -1.46. The number of benzene rings is 1. The molecule has 0 bridgehead atoms. The summed E-state index contributed by atoms with van der Waals surface area (Å²) >= 11 is 2.10. The van der Waals surface area contributed by atoms with Crippen molar-refractivity contribution in [3.8, 4) is 5.75 Å². The van der Waals surface area contributed by atoms with Crippen LogP contribution in [0.25, 0.3) is 11.0 Å². The number of nitrogens with zero attached hydrogens (tertiary/aromatic N) is 1. The number of rotatable bonds is 7. The molecule has 4 rings (SSSR count). The maximum atomic E-state index is 11.2. The Balaban J connectivity index is 1.17. The van der Waals surface area contributed by atoms with Gasteiger partial charge in [0.05, 0.1) is 6.61 Å². The zero-order chi connectivity index (χ0) is 18.5. The van der Waals surface area contributed by atoms with Crippen LogP contribution in [-0.4, -0.2) is 42.1 Å². The first kappa shape index (κ1) is 18.9. The van der Waals surface area contributed by atoms with Crippen molar-refractivity contribution < 1.29 is 9.15 Å². The fourth-order valence-corrected chi connectivity index (χ4v) is 5.68. The standard InChI is InChI=1S/C22H29NO3S/c24-22-10-7-17-15-19(8-9-21(17)26-22)25-13-4-14-27-16-18-5-3-12-23-11-2-1-6-20(18)23/h7-10,15,18,20H,1-6,11-14,16H2/t18-,20+/m0/s1. The van der Waals surface area contributed by atoms with Crippen LogP contribution in [0.3, 0.4) is 0 Å². The smallest absolute Gasteiger partial charge is 0.336 e. The van der Waals surface area contributed by atoms with Crippen molar-refractivity contribution in [2.45, 2.75) is 44.6 Å². The molecular formula is C22H29NO3S. The third-order valence-corrected chi connectivity index (χ3v) is 7.09. The maximum absolute atomic E-state index is 11.2. The van der Waals surface area contributed by atoms with E-state index in [1.165, 1.54) is 57.0 Å². The number of hydrogen-bond donors (Lipinski definition) is 0. The van der Waals surface area contributed by atoms with Crippen LogP contribution in [0.2, 0.25) is 0 Å². The quantitative estimate of drug-likeness (QED) is 0.515. The molecule has 1 aromatic heterocycles. The van der Waals surface area contributed by atoms with Gasteiger partial charge in [0, 0.05) is 17.5 Å². The summed E-state index contributed by atoms with van der Waals surface area (Å²) in [4.78, 5) is 14.0. The molecule has 0 N–H and O–H groups in total. The molecule has 0 unspecified atom stereocenters. The van der Waals surface area contributed by atoms with Gasteiger partial charge in [0.1, 0.15) is 11.3 Å². The Kier molecular flexibility index (Phi) is 6.40. The van der Waals surface area contributed by atoms with Crippen LogP contribution in [0.15, 0.2) is 39.5 Å². The zero-order valence-corrected chi connectivity index (χ0v) is 16.7. The molecular weight excluding hydrogens is 358 g/mol. The number of hydrogen-bond acceptors (Lipinski definition) is 5. The average molecular weight is 388 g/mol. The Morgan fingerprint density at radius 3 is 3.00 bits per heavy atom. The van der Waals surface area contributed by atoms with Crippen molar-refractivity contribution in [3.63, 3.8) is 0 Å². The van der Waals surface area contributed by atoms with Gasteiger partial charge in [-0.1, -0.05) is 6.42 Å². The highest BCUT2D eigenvalue weighted by Crippen LogP contribution is 2.33. The second-order valence-electron chi connectivity index (χ2n) is 7.73. The van der Waals surface area contributed by atoms with Crippen molar-refractivity contribution in [2.24, 2.45) is 5.92 Å². The van der Waals surface area contributed by atoms with Crippen molar-refractivity contribution in [1.82, 2.24) is 4.90 Å². The van der Waals surface area contributed by atoms with E-state index >= 15 is 0 Å². The van der Waals surface area contributed by atoms with E-state index in [0.29, 0.717) is 5.58 Å². The number of piperidine rings is 2. The van der Waals surface area contributed by atoms with Crippen LogP contribution >= 0.6 is 11.8 Å². The van der Waals surface area contributed by atoms with E-state index in [0.717, 1.165) is 41.9 Å². The van der Waals surface area contributed by atoms with Crippen molar-refractivity contribution >= 4 is 22.7 Å². The maximum Gasteiger partial charge on any atom is 0.336 e. The molecule has 0 radical (unpaired) electrons. The summed E-state index contributed by atoms with van der Waals surface area (Å²) in [5.74, 6) is 4.19. The first-order valence-corrected chi connectivity index (χ1v) is 11.4. The van der Waals surface area contributed by atoms with Crippen LogP contribution in [0, 0.1) is 5.92 Å². The summed E-state index contributed by atoms with van der Waals surface area (Å²) in [5.41, 5.74) is 0.289. The van der Waals surface area contributed by atoms with Crippen LogP contribution in [0.1, 0.15) is 38.5 Å². The van der Waals surface area contributed by atoms with Crippen LogP contribution in [0.4, 0.5) is 0 Å². The minimum atomic E-state index is -0.317. The monoisotopic (exact) mass is 387 g/mol. The number of thioether (sulfide) groups is 1. The summed E-state index contributed by atoms with van der Waals surface area (Å²) in [6.07, 6.45) is 8.09. The van der Waals surface area contributed by atoms with Crippen LogP contribution in [0.5, 0.6) is 5.75 Å². The molecule has 2 saturated heterocycles.